The van der Waals surface area contributed by atoms with Gasteiger partial charge in [-0.1, -0.05) is 57.7 Å². The van der Waals surface area contributed by atoms with E-state index in [1.165, 1.54) is 31.5 Å². The van der Waals surface area contributed by atoms with E-state index in [9.17, 15) is 78.6 Å². The summed E-state index contributed by atoms with van der Waals surface area (Å²) in [5.41, 5.74) is -0.705. The molecule has 4 aromatic carbocycles. The molecule has 0 radical (unpaired) electrons. The number of ketones is 3. The van der Waals surface area contributed by atoms with Gasteiger partial charge in [-0.15, -0.1) is 0 Å². The fraction of sp³-hybridized carbons (Fsp3) is 0.520. The van der Waals surface area contributed by atoms with Crippen LogP contribution in [-0.2, 0) is 38.4 Å². The van der Waals surface area contributed by atoms with Crippen LogP contribution in [0.5, 0.6) is 17.2 Å². The number of amides is 2. The summed E-state index contributed by atoms with van der Waals surface area (Å²) in [5, 5.41) is 113. The lowest BCUT2D eigenvalue weighted by Gasteiger charge is -2.44. The Labute approximate surface area is 606 Å². The molecule has 1 saturated carbocycles. The number of alkyl halides is 2. The van der Waals surface area contributed by atoms with E-state index >= 15 is 0 Å². The van der Waals surface area contributed by atoms with Gasteiger partial charge >= 0.3 is 11.6 Å². The van der Waals surface area contributed by atoms with E-state index in [1.807, 2.05) is 80.5 Å². The molecule has 6 aromatic rings. The van der Waals surface area contributed by atoms with Gasteiger partial charge in [0, 0.05) is 117 Å². The molecule has 3 aliphatic carbocycles. The number of fused-ring (bicyclic) bond motifs is 5. The van der Waals surface area contributed by atoms with Gasteiger partial charge < -0.3 is 81.2 Å². The Morgan fingerprint density at radius 2 is 1.46 bits per heavy atom. The molecule has 12 rings (SSSR count). The van der Waals surface area contributed by atoms with Crippen LogP contribution in [0.2, 0.25) is 0 Å². The molecule has 3 fully saturated rings. The third kappa shape index (κ3) is 17.2. The number of carbonyl (C=O) groups is 5. The van der Waals surface area contributed by atoms with Gasteiger partial charge in [-0.3, -0.25) is 33.9 Å². The molecule has 0 spiro atoms. The minimum atomic E-state index is -3.47. The van der Waals surface area contributed by atoms with Crippen LogP contribution in [0.25, 0.3) is 11.0 Å². The average Bonchev–Trinajstić information content (AvgIpc) is 1.53. The van der Waals surface area contributed by atoms with Crippen LogP contribution in [-0.4, -0.2) is 170 Å². The first-order chi connectivity index (χ1) is 48.8. The SMILES string of the molecule is C=C1CCC(N2Cc3c(NC(C)(C)C)cccc3C2=O)C(=O)N1.CC(C)(C)Cc1ccn(C2C[C@H](CO)[C@@H](O)C2(F)F)c(=O)n1.CC(C)(C)Nc1n[n+]([O-])c2ccccc2[n+]1[O-].COc1cccc2c1C(=O)c1c(O)c3c(c(O)c1C2=O)C[C@@](O)(C(=O)CO)C[C@@H]3OC1C[C@H](NC(C)(C)C)[C@@H](O)[C@H](C)O1. The molecule has 3 unspecified atom stereocenters. The predicted molar refractivity (Wildman–Crippen MR) is 380 cm³/mol. The maximum absolute atomic E-state index is 14.1. The summed E-state index contributed by atoms with van der Waals surface area (Å²) in [4.78, 5) is 83.2. The molecular weight excluding hydrogens is 1370 g/mol. The number of methoxy groups -OCH3 is 1. The number of aliphatic hydroxyl groups is 5. The van der Waals surface area contributed by atoms with Gasteiger partial charge in [0.05, 0.1) is 47.7 Å². The zero-order valence-corrected chi connectivity index (χ0v) is 61.5. The number of phenols is 2. The number of phenolic OH excluding ortho intramolecular Hbond substituents is 2. The van der Waals surface area contributed by atoms with E-state index in [2.05, 4.69) is 58.7 Å². The van der Waals surface area contributed by atoms with Crippen LogP contribution >= 0.6 is 0 Å². The Hall–Kier alpha value is -9.14. The molecule has 28 nitrogen and oxygen atoms in total. The number of aromatic nitrogens is 5. The Bertz CT molecular complexity index is 4410. The number of carbonyl (C=O) groups excluding carboxylic acids is 5. The van der Waals surface area contributed by atoms with Crippen LogP contribution in [0, 0.1) is 21.7 Å². The highest BCUT2D eigenvalue weighted by atomic mass is 19.3. The van der Waals surface area contributed by atoms with Crippen molar-refractivity contribution in [2.75, 3.05) is 31.0 Å². The van der Waals surface area contributed by atoms with Crippen molar-refractivity contribution in [3.05, 3.63) is 156 Å². The zero-order valence-electron chi connectivity index (χ0n) is 61.5. The van der Waals surface area contributed by atoms with Crippen molar-refractivity contribution in [2.24, 2.45) is 11.3 Å². The molecule has 11 N–H and O–H groups in total. The topological polar surface area (TPSA) is 408 Å². The summed E-state index contributed by atoms with van der Waals surface area (Å²) in [7, 11) is 1.33. The zero-order chi connectivity index (χ0) is 77.7. The summed E-state index contributed by atoms with van der Waals surface area (Å²) in [5.74, 6) is -8.30. The summed E-state index contributed by atoms with van der Waals surface area (Å²) < 4.78 is 47.2. The number of ether oxygens (including phenoxy) is 3. The van der Waals surface area contributed by atoms with Crippen molar-refractivity contribution in [2.45, 2.75) is 218 Å². The van der Waals surface area contributed by atoms with Crippen LogP contribution in [0.3, 0.4) is 0 Å². The Morgan fingerprint density at radius 3 is 2.05 bits per heavy atom. The lowest BCUT2D eigenvalue weighted by molar-refractivity contribution is -0.672. The standard InChI is InChI=1S/C31H37NO11.C18H23N3O2.C15H22F2N2O3.C11H14N4O2/c1-13-25(35)16(32-30(2,3)4)9-20(42-13)43-18-11-31(40,19(34)12-33)10-15-22(18)29(39)24-23(27(15)37)26(36)14-7-6-8-17(41-5)21(14)28(24)38;1-11-8-9-15(16(22)19-11)21-10-13-12(17(21)23)6-5-7-14(13)20-18(2,3)4;1-14(2,3)7-10-4-5-19(13(22)18-10)11-6-9(8-20)12(21)15(11,16)17;1-11(2,3)12-10-13-15(17)9-7-5-4-6-8(9)14(10)16/h6-8,13,16,18,20,25,32-33,35,37,39-40H,9-12H2,1-5H3;5-7,15,20H,1,8-10H2,2-4H3,(H,19,22);4-5,9,11-12,20-21H,6-8H2,1-3H3;4-7H,1-3H3,(H,12,13)/t13-,16-,18-,20?,25-,31-;;9-,11?,12-;/m0.1./s1. The molecule has 30 heteroatoms. The van der Waals surface area contributed by atoms with Gasteiger partial charge in [0.2, 0.25) is 16.8 Å². The third-order valence-corrected chi connectivity index (χ3v) is 18.7. The molecule has 2 saturated heterocycles. The summed E-state index contributed by atoms with van der Waals surface area (Å²) >= 11 is 0. The molecule has 6 aliphatic rings. The van der Waals surface area contributed by atoms with E-state index in [4.69, 9.17) is 19.3 Å². The van der Waals surface area contributed by atoms with Crippen molar-refractivity contribution in [1.29, 1.82) is 0 Å². The van der Waals surface area contributed by atoms with E-state index in [0.717, 1.165) is 21.5 Å². The second kappa shape index (κ2) is 30.4. The largest absolute Gasteiger partial charge is 0.739 e. The summed E-state index contributed by atoms with van der Waals surface area (Å²) in [6.45, 7) is 28.1. The summed E-state index contributed by atoms with van der Waals surface area (Å²) in [6.07, 6.45) is -3.69. The number of Topliss-reactive ketones (excluding diaryl/α,β-unsaturated/α-hetero) is 1. The second-order valence-electron chi connectivity index (χ2n) is 31.8. The molecule has 3 aliphatic heterocycles. The van der Waals surface area contributed by atoms with Gasteiger partial charge in [-0.2, -0.15) is 4.98 Å². The number of aromatic hydroxyl groups is 2. The molecule has 10 atom stereocenters. The molecule has 2 amide bonds. The molecule has 568 valence electrons. The van der Waals surface area contributed by atoms with Gasteiger partial charge in [-0.05, 0) is 131 Å². The average molecular weight is 1460 g/mol. The van der Waals surface area contributed by atoms with Crippen molar-refractivity contribution >= 4 is 51.8 Å². The molecule has 105 heavy (non-hydrogen) atoms. The molecule has 2 aromatic heterocycles. The highest BCUT2D eigenvalue weighted by Crippen LogP contribution is 2.53. The minimum absolute atomic E-state index is 0.00574. The Morgan fingerprint density at radius 1 is 0.819 bits per heavy atom. The number of anilines is 2. The quantitative estimate of drug-likeness (QED) is 0.0370. The van der Waals surface area contributed by atoms with Crippen molar-refractivity contribution < 1.29 is 92.3 Å². The first kappa shape index (κ1) is 80.0. The van der Waals surface area contributed by atoms with E-state index in [1.54, 1.807) is 42.2 Å². The van der Waals surface area contributed by atoms with E-state index in [0.29, 0.717) is 52.2 Å². The fourth-order valence-corrected chi connectivity index (χ4v) is 14.0. The van der Waals surface area contributed by atoms with Crippen molar-refractivity contribution in [3.8, 4) is 17.2 Å². The first-order valence-corrected chi connectivity index (χ1v) is 34.7. The highest BCUT2D eigenvalue weighted by Gasteiger charge is 2.58. The van der Waals surface area contributed by atoms with Crippen LogP contribution in [0.4, 0.5) is 20.4 Å². The maximum Gasteiger partial charge on any atom is 0.461 e. The van der Waals surface area contributed by atoms with Gasteiger partial charge in [0.15, 0.2) is 23.4 Å². The predicted octanol–water partition coefficient (Wildman–Crippen LogP) is 6.17. The molecular formula is C75H96F2N10O18. The maximum atomic E-state index is 14.1. The number of nitrogens with zero attached hydrogens (tertiary/aromatic N) is 6. The highest BCUT2D eigenvalue weighted by molar-refractivity contribution is 6.31. The number of benzene rings is 4. The lowest BCUT2D eigenvalue weighted by atomic mass is 9.72. The number of allylic oxidation sites excluding steroid dienone is 1. The van der Waals surface area contributed by atoms with E-state index < -0.39 is 138 Å². The van der Waals surface area contributed by atoms with Gasteiger partial charge in [0.25, 0.3) is 17.3 Å². The summed E-state index contributed by atoms with van der Waals surface area (Å²) in [6, 6.07) is 15.9. The van der Waals surface area contributed by atoms with Crippen LogP contribution in [0.15, 0.2) is 90.0 Å². The van der Waals surface area contributed by atoms with Crippen LogP contribution < -0.4 is 41.3 Å². The number of piperidine rings is 1. The number of halogens is 2. The fourth-order valence-electron chi connectivity index (χ4n) is 14.0. The smallest absolute Gasteiger partial charge is 0.461 e. The first-order valence-electron chi connectivity index (χ1n) is 34.7. The third-order valence-electron chi connectivity index (χ3n) is 18.7. The number of hydrogen-bond donors (Lipinski definition) is 11. The van der Waals surface area contributed by atoms with Gasteiger partial charge in [-0.25, -0.2) is 18.3 Å². The second-order valence-corrected chi connectivity index (χ2v) is 31.8. The number of nitrogens with one attached hydrogen (secondary N) is 4. The van der Waals surface area contributed by atoms with E-state index in [-0.39, 0.29) is 86.2 Å². The number of rotatable bonds is 12. The molecule has 0 bridgehead atoms. The van der Waals surface area contributed by atoms with Crippen LogP contribution in [0.1, 0.15) is 199 Å². The normalized spacial score (nSPS) is 24.1. The number of para-hydroxylation sites is 2. The Balaban J connectivity index is 0.000000175. The number of hydrogen-bond acceptors (Lipinski definition) is 23. The lowest BCUT2D eigenvalue weighted by Crippen LogP contribution is -2.58. The minimum Gasteiger partial charge on any atom is -0.739 e. The van der Waals surface area contributed by atoms with Gasteiger partial charge in [0.1, 0.15) is 47.6 Å². The monoisotopic (exact) mass is 1460 g/mol. The van der Waals surface area contributed by atoms with Crippen molar-refractivity contribution in [1.82, 2.24) is 30.2 Å². The number of aliphatic hydroxyl groups excluding tert-OH is 4. The molecule has 5 heterocycles. The Kier molecular flexibility index (Phi) is 23.1. The van der Waals surface area contributed by atoms with Crippen molar-refractivity contribution in [3.63, 3.8) is 0 Å².